The van der Waals surface area contributed by atoms with E-state index < -0.39 is 0 Å². The van der Waals surface area contributed by atoms with Crippen molar-refractivity contribution in [2.24, 2.45) is 0 Å². The lowest BCUT2D eigenvalue weighted by Gasteiger charge is -2.40. The van der Waals surface area contributed by atoms with Gasteiger partial charge >= 0.3 is 0 Å². The second-order valence-electron chi connectivity index (χ2n) is 5.68. The van der Waals surface area contributed by atoms with Crippen LogP contribution in [-0.4, -0.2) is 50.3 Å². The molecule has 3 nitrogen and oxygen atoms in total. The summed E-state index contributed by atoms with van der Waals surface area (Å²) in [5.41, 5.74) is 0.151. The first-order valence-corrected chi connectivity index (χ1v) is 7.33. The van der Waals surface area contributed by atoms with Crippen molar-refractivity contribution in [1.82, 2.24) is 10.2 Å². The molecule has 0 bridgehead atoms. The number of hydrogen-bond donors (Lipinski definition) is 1. The van der Waals surface area contributed by atoms with E-state index in [4.69, 9.17) is 4.74 Å². The maximum Gasteiger partial charge on any atom is 0.0805 e. The molecule has 0 radical (unpaired) electrons. The van der Waals surface area contributed by atoms with E-state index in [1.807, 2.05) is 7.11 Å². The van der Waals surface area contributed by atoms with E-state index in [1.165, 1.54) is 58.0 Å². The third kappa shape index (κ3) is 3.94. The van der Waals surface area contributed by atoms with Gasteiger partial charge in [-0.15, -0.1) is 0 Å². The van der Waals surface area contributed by atoms with Crippen LogP contribution in [0, 0.1) is 0 Å². The fourth-order valence-corrected chi connectivity index (χ4v) is 3.25. The highest BCUT2D eigenvalue weighted by Gasteiger charge is 2.32. The number of ether oxygens (including phenoxy) is 1. The number of nitrogens with one attached hydrogen (secondary N) is 1. The molecule has 1 heterocycles. The quantitative estimate of drug-likeness (QED) is 0.817. The van der Waals surface area contributed by atoms with E-state index in [1.54, 1.807) is 0 Å². The molecule has 0 aromatic rings. The standard InChI is InChI=1S/C14H28N2O/c1-17-14(7-5-3-2-4-6-8-14)13-16-11-9-15-10-12-16/h15H,2-13H2,1H3. The van der Waals surface area contributed by atoms with Crippen LogP contribution in [0.2, 0.25) is 0 Å². The van der Waals surface area contributed by atoms with Gasteiger partial charge in [-0.05, 0) is 12.8 Å². The molecule has 0 amide bonds. The number of piperazine rings is 1. The van der Waals surface area contributed by atoms with Gasteiger partial charge in [0, 0.05) is 39.8 Å². The van der Waals surface area contributed by atoms with Gasteiger partial charge in [-0.1, -0.05) is 32.1 Å². The smallest absolute Gasteiger partial charge is 0.0805 e. The summed E-state index contributed by atoms with van der Waals surface area (Å²) in [5, 5.41) is 3.42. The van der Waals surface area contributed by atoms with Crippen molar-refractivity contribution in [2.75, 3.05) is 39.8 Å². The van der Waals surface area contributed by atoms with Gasteiger partial charge < -0.3 is 10.1 Å². The van der Waals surface area contributed by atoms with E-state index in [9.17, 15) is 0 Å². The van der Waals surface area contributed by atoms with Gasteiger partial charge in [-0.2, -0.15) is 0 Å². The summed E-state index contributed by atoms with van der Waals surface area (Å²) in [6.07, 6.45) is 9.42. The van der Waals surface area contributed by atoms with E-state index in [0.717, 1.165) is 19.6 Å². The molecule has 17 heavy (non-hydrogen) atoms. The lowest BCUT2D eigenvalue weighted by Crippen LogP contribution is -2.51. The van der Waals surface area contributed by atoms with Gasteiger partial charge in [0.1, 0.15) is 0 Å². The predicted octanol–water partition coefficient (Wildman–Crippen LogP) is 2.02. The van der Waals surface area contributed by atoms with Crippen molar-refractivity contribution in [3.05, 3.63) is 0 Å². The van der Waals surface area contributed by atoms with Crippen LogP contribution in [0.25, 0.3) is 0 Å². The van der Waals surface area contributed by atoms with Crippen molar-refractivity contribution in [2.45, 2.75) is 50.5 Å². The lowest BCUT2D eigenvalue weighted by molar-refractivity contribution is -0.0561. The average molecular weight is 240 g/mol. The van der Waals surface area contributed by atoms with Crippen molar-refractivity contribution in [3.63, 3.8) is 0 Å². The molecule has 0 spiro atoms. The van der Waals surface area contributed by atoms with Crippen LogP contribution >= 0.6 is 0 Å². The number of methoxy groups -OCH3 is 1. The van der Waals surface area contributed by atoms with Gasteiger partial charge in [-0.25, -0.2) is 0 Å². The highest BCUT2D eigenvalue weighted by atomic mass is 16.5. The Morgan fingerprint density at radius 1 is 1.00 bits per heavy atom. The molecule has 0 unspecified atom stereocenters. The summed E-state index contributed by atoms with van der Waals surface area (Å²) >= 11 is 0. The van der Waals surface area contributed by atoms with Gasteiger partial charge in [0.05, 0.1) is 5.60 Å². The lowest BCUT2D eigenvalue weighted by atomic mass is 9.86. The minimum Gasteiger partial charge on any atom is -0.377 e. The zero-order chi connectivity index (χ0) is 12.0. The van der Waals surface area contributed by atoms with E-state index in [-0.39, 0.29) is 5.60 Å². The second kappa shape index (κ2) is 6.72. The fraction of sp³-hybridized carbons (Fsp3) is 1.00. The SMILES string of the molecule is COC1(CN2CCNCC2)CCCCCCC1. The Morgan fingerprint density at radius 2 is 1.59 bits per heavy atom. The summed E-state index contributed by atoms with van der Waals surface area (Å²) in [6, 6.07) is 0. The van der Waals surface area contributed by atoms with E-state index in [2.05, 4.69) is 10.2 Å². The Morgan fingerprint density at radius 3 is 2.18 bits per heavy atom. The third-order valence-corrected chi connectivity index (χ3v) is 4.42. The van der Waals surface area contributed by atoms with Gasteiger partial charge in [-0.3, -0.25) is 4.90 Å². The molecule has 100 valence electrons. The molecule has 2 fully saturated rings. The summed E-state index contributed by atoms with van der Waals surface area (Å²) in [6.45, 7) is 5.79. The Hall–Kier alpha value is -0.120. The largest absolute Gasteiger partial charge is 0.377 e. The molecule has 1 saturated carbocycles. The Labute approximate surface area is 106 Å². The Balaban J connectivity index is 1.90. The molecule has 0 atom stereocenters. The summed E-state index contributed by atoms with van der Waals surface area (Å²) in [4.78, 5) is 2.58. The molecule has 3 heteroatoms. The fourth-order valence-electron chi connectivity index (χ4n) is 3.25. The number of hydrogen-bond acceptors (Lipinski definition) is 3. The van der Waals surface area contributed by atoms with Crippen LogP contribution < -0.4 is 5.32 Å². The second-order valence-corrected chi connectivity index (χ2v) is 5.68. The molecule has 1 saturated heterocycles. The Kier molecular flexibility index (Phi) is 5.26. The van der Waals surface area contributed by atoms with E-state index in [0.29, 0.717) is 0 Å². The third-order valence-electron chi connectivity index (χ3n) is 4.42. The minimum atomic E-state index is 0.151. The topological polar surface area (TPSA) is 24.5 Å². The normalized spacial score (nSPS) is 27.4. The maximum atomic E-state index is 5.95. The van der Waals surface area contributed by atoms with Crippen molar-refractivity contribution < 1.29 is 4.74 Å². The van der Waals surface area contributed by atoms with Crippen LogP contribution in [0.15, 0.2) is 0 Å². The zero-order valence-corrected chi connectivity index (χ0v) is 11.3. The Bertz CT molecular complexity index is 206. The molecule has 1 aliphatic heterocycles. The first-order valence-electron chi connectivity index (χ1n) is 7.33. The summed E-state index contributed by atoms with van der Waals surface area (Å²) in [5.74, 6) is 0. The number of nitrogens with zero attached hydrogens (tertiary/aromatic N) is 1. The molecule has 1 N–H and O–H groups in total. The predicted molar refractivity (Wildman–Crippen MR) is 71.4 cm³/mol. The minimum absolute atomic E-state index is 0.151. The molecule has 1 aliphatic carbocycles. The summed E-state index contributed by atoms with van der Waals surface area (Å²) in [7, 11) is 1.92. The highest BCUT2D eigenvalue weighted by molar-refractivity contribution is 4.87. The van der Waals surface area contributed by atoms with Crippen LogP contribution in [0.4, 0.5) is 0 Å². The first-order chi connectivity index (χ1) is 8.35. The molecular formula is C14H28N2O. The van der Waals surface area contributed by atoms with Crippen LogP contribution in [0.5, 0.6) is 0 Å². The van der Waals surface area contributed by atoms with Crippen LogP contribution in [0.3, 0.4) is 0 Å². The molecule has 2 rings (SSSR count). The summed E-state index contributed by atoms with van der Waals surface area (Å²) < 4.78 is 5.95. The van der Waals surface area contributed by atoms with Gasteiger partial charge in [0.25, 0.3) is 0 Å². The van der Waals surface area contributed by atoms with Gasteiger partial charge in [0.2, 0.25) is 0 Å². The van der Waals surface area contributed by atoms with Crippen molar-refractivity contribution in [1.29, 1.82) is 0 Å². The molecule has 0 aromatic carbocycles. The van der Waals surface area contributed by atoms with Crippen molar-refractivity contribution in [3.8, 4) is 0 Å². The highest BCUT2D eigenvalue weighted by Crippen LogP contribution is 2.30. The average Bonchev–Trinajstić information content (AvgIpc) is 2.34. The molecular weight excluding hydrogens is 212 g/mol. The molecule has 2 aliphatic rings. The zero-order valence-electron chi connectivity index (χ0n) is 11.3. The monoisotopic (exact) mass is 240 g/mol. The molecule has 0 aromatic heterocycles. The van der Waals surface area contributed by atoms with E-state index >= 15 is 0 Å². The van der Waals surface area contributed by atoms with Crippen molar-refractivity contribution >= 4 is 0 Å². The van der Waals surface area contributed by atoms with Crippen LogP contribution in [0.1, 0.15) is 44.9 Å². The number of rotatable bonds is 3. The first kappa shape index (κ1) is 13.3. The maximum absolute atomic E-state index is 5.95. The van der Waals surface area contributed by atoms with Crippen LogP contribution in [-0.2, 0) is 4.74 Å². The van der Waals surface area contributed by atoms with Gasteiger partial charge in [0.15, 0.2) is 0 Å².